The molecule has 2 heterocycles. The summed E-state index contributed by atoms with van der Waals surface area (Å²) in [4.78, 5) is 18.1. The lowest BCUT2D eigenvalue weighted by atomic mass is 9.94. The van der Waals surface area contributed by atoms with Crippen molar-refractivity contribution in [2.45, 2.75) is 45.3 Å². The molecule has 1 aliphatic rings. The van der Waals surface area contributed by atoms with Crippen LogP contribution in [0, 0.1) is 6.92 Å². The van der Waals surface area contributed by atoms with E-state index < -0.39 is 0 Å². The van der Waals surface area contributed by atoms with E-state index in [0.29, 0.717) is 17.3 Å². The largest absolute Gasteiger partial charge is 0.375 e. The molecule has 1 atom stereocenters. The minimum absolute atomic E-state index is 0.0994. The number of thiazole rings is 1. The zero-order valence-electron chi connectivity index (χ0n) is 14.1. The number of amides is 1. The Kier molecular flexibility index (Phi) is 4.95. The molecule has 0 spiro atoms. The molecule has 0 unspecified atom stereocenters. The number of carbonyl (C=O) groups is 1. The van der Waals surface area contributed by atoms with Crippen molar-refractivity contribution in [2.24, 2.45) is 0 Å². The Labute approximate surface area is 151 Å². The molecule has 1 saturated heterocycles. The molecule has 4 nitrogen and oxygen atoms in total. The Morgan fingerprint density at radius 3 is 2.88 bits per heavy atom. The molecule has 1 N–H and O–H groups in total. The van der Waals surface area contributed by atoms with Crippen molar-refractivity contribution >= 4 is 28.8 Å². The van der Waals surface area contributed by atoms with Crippen molar-refractivity contribution in [3.63, 3.8) is 0 Å². The van der Waals surface area contributed by atoms with Crippen molar-refractivity contribution in [2.75, 3.05) is 6.61 Å². The highest BCUT2D eigenvalue weighted by Gasteiger charge is 2.31. The number of rotatable bonds is 3. The second kappa shape index (κ2) is 6.82. The molecular formula is C18H21ClN2O2S. The summed E-state index contributed by atoms with van der Waals surface area (Å²) in [6, 6.07) is 7.64. The average Bonchev–Trinajstić information content (AvgIpc) is 2.88. The lowest BCUT2D eigenvalue weighted by Crippen LogP contribution is -2.46. The number of aromatic nitrogens is 1. The van der Waals surface area contributed by atoms with Crippen LogP contribution in [0.25, 0.3) is 10.4 Å². The van der Waals surface area contributed by atoms with Crippen molar-refractivity contribution in [1.82, 2.24) is 10.3 Å². The fourth-order valence-electron chi connectivity index (χ4n) is 3.02. The molecular weight excluding hydrogens is 344 g/mol. The monoisotopic (exact) mass is 364 g/mol. The van der Waals surface area contributed by atoms with E-state index in [2.05, 4.69) is 10.3 Å². The minimum Gasteiger partial charge on any atom is -0.375 e. The van der Waals surface area contributed by atoms with Gasteiger partial charge in [0.15, 0.2) is 0 Å². The Morgan fingerprint density at radius 2 is 2.17 bits per heavy atom. The third kappa shape index (κ3) is 3.79. The first-order chi connectivity index (χ1) is 11.4. The number of carbonyl (C=O) groups excluding carboxylic acids is 1. The van der Waals surface area contributed by atoms with Crippen LogP contribution in [-0.2, 0) is 4.74 Å². The maximum atomic E-state index is 12.8. The predicted molar refractivity (Wildman–Crippen MR) is 97.8 cm³/mol. The SMILES string of the molecule is Cc1nc(C(=O)N[C@@H]2CCOC(C)(C)C2)c(-c2ccccc2Cl)s1. The zero-order valence-corrected chi connectivity index (χ0v) is 15.6. The number of ether oxygens (including phenoxy) is 1. The molecule has 1 fully saturated rings. The van der Waals surface area contributed by atoms with Gasteiger partial charge in [-0.05, 0) is 39.7 Å². The van der Waals surface area contributed by atoms with Crippen LogP contribution in [0.3, 0.4) is 0 Å². The van der Waals surface area contributed by atoms with Crippen LogP contribution in [0.15, 0.2) is 24.3 Å². The van der Waals surface area contributed by atoms with Gasteiger partial charge in [-0.2, -0.15) is 0 Å². The van der Waals surface area contributed by atoms with Crippen LogP contribution in [-0.4, -0.2) is 29.1 Å². The van der Waals surface area contributed by atoms with Crippen molar-refractivity contribution in [1.29, 1.82) is 0 Å². The molecule has 0 aliphatic carbocycles. The highest BCUT2D eigenvalue weighted by Crippen LogP contribution is 2.35. The quantitative estimate of drug-likeness (QED) is 0.874. The van der Waals surface area contributed by atoms with Crippen LogP contribution in [0.1, 0.15) is 42.2 Å². The van der Waals surface area contributed by atoms with Gasteiger partial charge in [0.05, 0.1) is 15.5 Å². The zero-order chi connectivity index (χ0) is 17.3. The molecule has 0 bridgehead atoms. The lowest BCUT2D eigenvalue weighted by Gasteiger charge is -2.35. The van der Waals surface area contributed by atoms with Gasteiger partial charge in [0.1, 0.15) is 5.69 Å². The smallest absolute Gasteiger partial charge is 0.271 e. The highest BCUT2D eigenvalue weighted by molar-refractivity contribution is 7.15. The number of nitrogens with one attached hydrogen (secondary N) is 1. The van der Waals surface area contributed by atoms with Crippen LogP contribution in [0.5, 0.6) is 0 Å². The van der Waals surface area contributed by atoms with E-state index in [1.54, 1.807) is 0 Å². The first-order valence-electron chi connectivity index (χ1n) is 8.03. The summed E-state index contributed by atoms with van der Waals surface area (Å²) in [6.45, 7) is 6.66. The van der Waals surface area contributed by atoms with E-state index in [1.165, 1.54) is 11.3 Å². The standard InChI is InChI=1S/C18H21ClN2O2S/c1-11-20-15(16(24-11)13-6-4-5-7-14(13)19)17(22)21-12-8-9-23-18(2,3)10-12/h4-7,12H,8-10H2,1-3H3,(H,21,22)/t12-/m1/s1. The highest BCUT2D eigenvalue weighted by atomic mass is 35.5. The van der Waals surface area contributed by atoms with Gasteiger partial charge in [0.2, 0.25) is 0 Å². The minimum atomic E-state index is -0.209. The van der Waals surface area contributed by atoms with Crippen LogP contribution in [0.4, 0.5) is 0 Å². The number of benzene rings is 1. The van der Waals surface area contributed by atoms with E-state index in [4.69, 9.17) is 16.3 Å². The van der Waals surface area contributed by atoms with E-state index in [9.17, 15) is 4.79 Å². The molecule has 2 aromatic rings. The Balaban J connectivity index is 1.85. The Morgan fingerprint density at radius 1 is 1.42 bits per heavy atom. The molecule has 1 aromatic heterocycles. The van der Waals surface area contributed by atoms with E-state index >= 15 is 0 Å². The number of hydrogen-bond donors (Lipinski definition) is 1. The first-order valence-corrected chi connectivity index (χ1v) is 9.22. The molecule has 6 heteroatoms. The maximum absolute atomic E-state index is 12.8. The van der Waals surface area contributed by atoms with Gasteiger partial charge < -0.3 is 10.1 Å². The van der Waals surface area contributed by atoms with Gasteiger partial charge in [-0.25, -0.2) is 4.98 Å². The normalized spacial score (nSPS) is 19.9. The fraction of sp³-hybridized carbons (Fsp3) is 0.444. The summed E-state index contributed by atoms with van der Waals surface area (Å²) >= 11 is 7.80. The second-order valence-electron chi connectivity index (χ2n) is 6.66. The number of nitrogens with zero attached hydrogens (tertiary/aromatic N) is 1. The summed E-state index contributed by atoms with van der Waals surface area (Å²) < 4.78 is 5.71. The van der Waals surface area contributed by atoms with Gasteiger partial charge in [-0.15, -0.1) is 11.3 Å². The van der Waals surface area contributed by atoms with Crippen molar-refractivity contribution < 1.29 is 9.53 Å². The van der Waals surface area contributed by atoms with Gasteiger partial charge in [0, 0.05) is 23.2 Å². The lowest BCUT2D eigenvalue weighted by molar-refractivity contribution is -0.0615. The van der Waals surface area contributed by atoms with Gasteiger partial charge in [-0.3, -0.25) is 4.79 Å². The first kappa shape index (κ1) is 17.4. The molecule has 3 rings (SSSR count). The van der Waals surface area contributed by atoms with Crippen molar-refractivity contribution in [3.05, 3.63) is 40.0 Å². The number of aryl methyl sites for hydroxylation is 1. The summed E-state index contributed by atoms with van der Waals surface area (Å²) in [7, 11) is 0. The third-order valence-corrected chi connectivity index (χ3v) is 5.43. The molecule has 1 amide bonds. The summed E-state index contributed by atoms with van der Waals surface area (Å²) in [5.74, 6) is -0.142. The molecule has 1 aromatic carbocycles. The van der Waals surface area contributed by atoms with Gasteiger partial charge in [0.25, 0.3) is 5.91 Å². The Hall–Kier alpha value is -1.43. The average molecular weight is 365 g/mol. The third-order valence-electron chi connectivity index (χ3n) is 4.10. The molecule has 128 valence electrons. The second-order valence-corrected chi connectivity index (χ2v) is 8.27. The fourth-order valence-corrected chi connectivity index (χ4v) is 4.26. The van der Waals surface area contributed by atoms with E-state index in [1.807, 2.05) is 45.0 Å². The van der Waals surface area contributed by atoms with E-state index in [0.717, 1.165) is 28.3 Å². The van der Waals surface area contributed by atoms with E-state index in [-0.39, 0.29) is 17.6 Å². The molecule has 0 radical (unpaired) electrons. The molecule has 0 saturated carbocycles. The summed E-state index contributed by atoms with van der Waals surface area (Å²) in [5, 5.41) is 4.59. The van der Waals surface area contributed by atoms with Gasteiger partial charge in [-0.1, -0.05) is 29.8 Å². The predicted octanol–water partition coefficient (Wildman–Crippen LogP) is 4.46. The topological polar surface area (TPSA) is 51.2 Å². The maximum Gasteiger partial charge on any atom is 0.271 e. The Bertz CT molecular complexity index is 757. The molecule has 1 aliphatic heterocycles. The summed E-state index contributed by atoms with van der Waals surface area (Å²) in [5.41, 5.74) is 1.09. The summed E-state index contributed by atoms with van der Waals surface area (Å²) in [6.07, 6.45) is 1.61. The number of hydrogen-bond acceptors (Lipinski definition) is 4. The number of halogens is 1. The van der Waals surface area contributed by atoms with Crippen LogP contribution in [0.2, 0.25) is 5.02 Å². The van der Waals surface area contributed by atoms with Gasteiger partial charge >= 0.3 is 0 Å². The molecule has 24 heavy (non-hydrogen) atoms. The van der Waals surface area contributed by atoms with Crippen LogP contribution >= 0.6 is 22.9 Å². The van der Waals surface area contributed by atoms with Crippen LogP contribution < -0.4 is 5.32 Å². The van der Waals surface area contributed by atoms with Crippen molar-refractivity contribution in [3.8, 4) is 10.4 Å².